The van der Waals surface area contributed by atoms with Crippen molar-refractivity contribution in [1.29, 1.82) is 0 Å². The van der Waals surface area contributed by atoms with E-state index < -0.39 is 17.9 Å². The molecular formula is C30H40F2N4O3. The first-order chi connectivity index (χ1) is 18.9. The van der Waals surface area contributed by atoms with E-state index in [1.165, 1.54) is 0 Å². The Morgan fingerprint density at radius 2 is 2.13 bits per heavy atom. The predicted molar refractivity (Wildman–Crippen MR) is 145 cm³/mol. The Morgan fingerprint density at radius 1 is 1.28 bits per heavy atom. The maximum atomic E-state index is 15.4. The van der Waals surface area contributed by atoms with E-state index in [2.05, 4.69) is 10.3 Å². The Labute approximate surface area is 229 Å². The SMILES string of the molecule is CCOC(=O)C(c1cccnc1C1CC1)N1CC[C@@H](C(F)(F)CCCCc2cc(OC)c3c(n2)NCCC3)C1. The lowest BCUT2D eigenvalue weighted by Crippen LogP contribution is -2.37. The molecule has 1 saturated carbocycles. The fourth-order valence-corrected chi connectivity index (χ4v) is 6.06. The molecule has 39 heavy (non-hydrogen) atoms. The Balaban J connectivity index is 1.19. The quantitative estimate of drug-likeness (QED) is 0.273. The number of hydrogen-bond donors (Lipinski definition) is 1. The van der Waals surface area contributed by atoms with Crippen molar-refractivity contribution in [2.45, 2.75) is 82.6 Å². The molecule has 2 aliphatic heterocycles. The maximum Gasteiger partial charge on any atom is 0.328 e. The number of hydrogen-bond acceptors (Lipinski definition) is 7. The van der Waals surface area contributed by atoms with Crippen LogP contribution >= 0.6 is 0 Å². The van der Waals surface area contributed by atoms with E-state index in [0.29, 0.717) is 38.1 Å². The van der Waals surface area contributed by atoms with Gasteiger partial charge in [-0.3, -0.25) is 9.88 Å². The van der Waals surface area contributed by atoms with Crippen LogP contribution in [0.15, 0.2) is 24.4 Å². The zero-order valence-corrected chi connectivity index (χ0v) is 23.1. The van der Waals surface area contributed by atoms with Gasteiger partial charge >= 0.3 is 5.97 Å². The van der Waals surface area contributed by atoms with Crippen LogP contribution in [-0.4, -0.2) is 60.1 Å². The number of fused-ring (bicyclic) bond motifs is 1. The molecule has 9 heteroatoms. The molecule has 5 rings (SSSR count). The number of ether oxygens (including phenoxy) is 2. The molecule has 1 aliphatic carbocycles. The van der Waals surface area contributed by atoms with Gasteiger partial charge in [0.2, 0.25) is 0 Å². The summed E-state index contributed by atoms with van der Waals surface area (Å²) >= 11 is 0. The van der Waals surface area contributed by atoms with Gasteiger partial charge in [0.15, 0.2) is 0 Å². The zero-order chi connectivity index (χ0) is 27.4. The average molecular weight is 543 g/mol. The molecular weight excluding hydrogens is 502 g/mol. The smallest absolute Gasteiger partial charge is 0.328 e. The summed E-state index contributed by atoms with van der Waals surface area (Å²) in [6.45, 7) is 3.52. The van der Waals surface area contributed by atoms with Gasteiger partial charge in [-0.1, -0.05) is 6.07 Å². The van der Waals surface area contributed by atoms with Gasteiger partial charge in [-0.15, -0.1) is 0 Å². The van der Waals surface area contributed by atoms with Crippen LogP contribution in [-0.2, 0) is 22.4 Å². The monoisotopic (exact) mass is 542 g/mol. The van der Waals surface area contributed by atoms with E-state index in [9.17, 15) is 4.79 Å². The lowest BCUT2D eigenvalue weighted by Gasteiger charge is -2.29. The molecule has 2 aromatic heterocycles. The van der Waals surface area contributed by atoms with Crippen LogP contribution in [0.25, 0.3) is 0 Å². The first-order valence-electron chi connectivity index (χ1n) is 14.4. The van der Waals surface area contributed by atoms with Crippen molar-refractivity contribution < 1.29 is 23.0 Å². The Morgan fingerprint density at radius 3 is 2.90 bits per heavy atom. The van der Waals surface area contributed by atoms with Gasteiger partial charge in [-0.05, 0) is 70.9 Å². The summed E-state index contributed by atoms with van der Waals surface area (Å²) in [5.41, 5.74) is 3.69. The van der Waals surface area contributed by atoms with Crippen LogP contribution in [0.2, 0.25) is 0 Å². The number of esters is 1. The van der Waals surface area contributed by atoms with E-state index in [0.717, 1.165) is 66.3 Å². The highest BCUT2D eigenvalue weighted by molar-refractivity contribution is 5.78. The molecule has 0 spiro atoms. The Hall–Kier alpha value is -2.81. The third-order valence-electron chi connectivity index (χ3n) is 8.27. The molecule has 0 amide bonds. The average Bonchev–Trinajstić information content (AvgIpc) is 3.67. The molecule has 2 aromatic rings. The standard InChI is InChI=1S/C30H40F2N4O3/c1-3-39-29(37)27(24-10-7-15-33-26(24)20-11-12-20)36-17-13-21(19-36)30(31,32)14-5-4-8-22-18-25(38-2)23-9-6-16-34-28(23)35-22/h7,10,15,18,20-21,27H,3-6,8-9,11-14,16-17,19H2,1-2H3,(H,34,35)/t21-,27?/m1/s1. The van der Waals surface area contributed by atoms with E-state index in [4.69, 9.17) is 14.5 Å². The fourth-order valence-electron chi connectivity index (χ4n) is 6.06. The molecule has 0 aromatic carbocycles. The highest BCUT2D eigenvalue weighted by Crippen LogP contribution is 2.45. The van der Waals surface area contributed by atoms with Gasteiger partial charge in [-0.2, -0.15) is 0 Å². The van der Waals surface area contributed by atoms with Crippen molar-refractivity contribution >= 4 is 11.8 Å². The third-order valence-corrected chi connectivity index (χ3v) is 8.27. The molecule has 1 saturated heterocycles. The van der Waals surface area contributed by atoms with E-state index in [1.807, 2.05) is 23.1 Å². The zero-order valence-electron chi connectivity index (χ0n) is 23.1. The summed E-state index contributed by atoms with van der Waals surface area (Å²) in [5.74, 6) is -1.93. The van der Waals surface area contributed by atoms with Gasteiger partial charge in [-0.25, -0.2) is 18.6 Å². The van der Waals surface area contributed by atoms with Crippen LogP contribution in [0.1, 0.15) is 86.3 Å². The van der Waals surface area contributed by atoms with Crippen molar-refractivity contribution in [2.24, 2.45) is 5.92 Å². The van der Waals surface area contributed by atoms with Gasteiger partial charge < -0.3 is 14.8 Å². The minimum atomic E-state index is -2.80. The van der Waals surface area contributed by atoms with Crippen LogP contribution in [0.5, 0.6) is 5.75 Å². The number of alkyl halides is 2. The summed E-state index contributed by atoms with van der Waals surface area (Å²) in [6, 6.07) is 4.99. The van der Waals surface area contributed by atoms with Crippen molar-refractivity contribution in [3.05, 3.63) is 46.9 Å². The van der Waals surface area contributed by atoms with Crippen LogP contribution in [0.3, 0.4) is 0 Å². The van der Waals surface area contributed by atoms with Crippen LogP contribution in [0, 0.1) is 5.92 Å². The van der Waals surface area contributed by atoms with Gasteiger partial charge in [0, 0.05) is 66.1 Å². The Bertz CT molecular complexity index is 1140. The number of methoxy groups -OCH3 is 1. The van der Waals surface area contributed by atoms with E-state index in [-0.39, 0.29) is 25.5 Å². The first kappa shape index (κ1) is 27.7. The number of unbranched alkanes of at least 4 members (excludes halogenated alkanes) is 1. The lowest BCUT2D eigenvalue weighted by atomic mass is 9.94. The molecule has 212 valence electrons. The molecule has 1 unspecified atom stereocenters. The minimum absolute atomic E-state index is 0.171. The number of aromatic nitrogens is 2. The normalized spacial score (nSPS) is 20.3. The van der Waals surface area contributed by atoms with E-state index >= 15 is 8.78 Å². The van der Waals surface area contributed by atoms with Crippen molar-refractivity contribution in [2.75, 3.05) is 38.7 Å². The topological polar surface area (TPSA) is 76.6 Å². The number of aryl methyl sites for hydroxylation is 1. The second-order valence-corrected chi connectivity index (χ2v) is 11.0. The van der Waals surface area contributed by atoms with Crippen LogP contribution < -0.4 is 10.1 Å². The number of nitrogens with one attached hydrogen (secondary N) is 1. The number of likely N-dealkylation sites (tertiary alicyclic amines) is 1. The highest BCUT2D eigenvalue weighted by atomic mass is 19.3. The summed E-state index contributed by atoms with van der Waals surface area (Å²) in [6.07, 6.45) is 7.68. The number of carbonyl (C=O) groups is 1. The third kappa shape index (κ3) is 6.34. The summed E-state index contributed by atoms with van der Waals surface area (Å²) in [4.78, 5) is 24.2. The summed E-state index contributed by atoms with van der Waals surface area (Å²) < 4.78 is 41.8. The molecule has 0 bridgehead atoms. The largest absolute Gasteiger partial charge is 0.496 e. The number of carbonyl (C=O) groups excluding carboxylic acids is 1. The predicted octanol–water partition coefficient (Wildman–Crippen LogP) is 5.70. The molecule has 2 atom stereocenters. The second-order valence-electron chi connectivity index (χ2n) is 11.0. The van der Waals surface area contributed by atoms with Gasteiger partial charge in [0.05, 0.1) is 13.7 Å². The summed E-state index contributed by atoms with van der Waals surface area (Å²) in [5, 5.41) is 3.33. The molecule has 1 N–H and O–H groups in total. The number of halogens is 2. The van der Waals surface area contributed by atoms with E-state index in [1.54, 1.807) is 20.2 Å². The molecule has 3 aliphatic rings. The second kappa shape index (κ2) is 12.1. The fraction of sp³-hybridized carbons (Fsp3) is 0.633. The molecule has 7 nitrogen and oxygen atoms in total. The van der Waals surface area contributed by atoms with Crippen molar-refractivity contribution in [3.63, 3.8) is 0 Å². The maximum absolute atomic E-state index is 15.4. The molecule has 2 fully saturated rings. The lowest BCUT2D eigenvalue weighted by molar-refractivity contribution is -0.150. The van der Waals surface area contributed by atoms with Gasteiger partial charge in [0.25, 0.3) is 5.92 Å². The number of pyridine rings is 2. The summed E-state index contributed by atoms with van der Waals surface area (Å²) in [7, 11) is 1.66. The minimum Gasteiger partial charge on any atom is -0.496 e. The molecule has 0 radical (unpaired) electrons. The number of nitrogens with zero attached hydrogens (tertiary/aromatic N) is 3. The first-order valence-corrected chi connectivity index (χ1v) is 14.4. The Kier molecular flexibility index (Phi) is 8.64. The highest BCUT2D eigenvalue weighted by Gasteiger charge is 2.46. The van der Waals surface area contributed by atoms with Gasteiger partial charge in [0.1, 0.15) is 17.6 Å². The van der Waals surface area contributed by atoms with Crippen molar-refractivity contribution in [1.82, 2.24) is 14.9 Å². The molecule has 4 heterocycles. The van der Waals surface area contributed by atoms with Crippen LogP contribution in [0.4, 0.5) is 14.6 Å². The van der Waals surface area contributed by atoms with Crippen molar-refractivity contribution in [3.8, 4) is 5.75 Å². The number of anilines is 1. The number of rotatable bonds is 12.